The lowest BCUT2D eigenvalue weighted by atomic mass is 10.2. The van der Waals surface area contributed by atoms with Crippen LogP contribution in [0.1, 0.15) is 23.0 Å². The number of anilines is 1. The molecule has 2 N–H and O–H groups in total. The van der Waals surface area contributed by atoms with Crippen molar-refractivity contribution in [2.24, 2.45) is 0 Å². The van der Waals surface area contributed by atoms with E-state index >= 15 is 0 Å². The molecule has 3 nitrogen and oxygen atoms in total. The van der Waals surface area contributed by atoms with Gasteiger partial charge in [-0.3, -0.25) is 4.79 Å². The fraction of sp³-hybridized carbons (Fsp3) is 0.500. The average Bonchev–Trinajstić information content (AvgIpc) is 3.13. The second-order valence-electron chi connectivity index (χ2n) is 4.84. The van der Waals surface area contributed by atoms with Gasteiger partial charge in [0.15, 0.2) is 0 Å². The molecule has 2 aliphatic rings. The predicted molar refractivity (Wildman–Crippen MR) is 83.8 cm³/mol. The van der Waals surface area contributed by atoms with Crippen LogP contribution < -0.4 is 10.6 Å². The van der Waals surface area contributed by atoms with Crippen LogP contribution in [-0.4, -0.2) is 30.0 Å². The Balaban J connectivity index is 1.66. The highest BCUT2D eigenvalue weighted by molar-refractivity contribution is 8.19. The molecule has 1 unspecified atom stereocenters. The highest BCUT2D eigenvalue weighted by Crippen LogP contribution is 2.45. The molecule has 0 aromatic heterocycles. The van der Waals surface area contributed by atoms with E-state index < -0.39 is 0 Å². The summed E-state index contributed by atoms with van der Waals surface area (Å²) in [5.41, 5.74) is 2.23. The topological polar surface area (TPSA) is 41.1 Å². The maximum Gasteiger partial charge on any atom is 0.241 e. The molecule has 0 radical (unpaired) electrons. The van der Waals surface area contributed by atoms with Gasteiger partial charge in [0.05, 0.1) is 10.6 Å². The number of carbonyl (C=O) groups excluding carboxylic acids is 1. The van der Waals surface area contributed by atoms with Crippen molar-refractivity contribution in [3.63, 3.8) is 0 Å². The van der Waals surface area contributed by atoms with Crippen LogP contribution in [0.25, 0.3) is 0 Å². The summed E-state index contributed by atoms with van der Waals surface area (Å²) in [5, 5.41) is 6.25. The van der Waals surface area contributed by atoms with Gasteiger partial charge in [0.1, 0.15) is 0 Å². The third kappa shape index (κ3) is 3.27. The maximum absolute atomic E-state index is 12.1. The number of nitrogens with one attached hydrogen (secondary N) is 2. The van der Waals surface area contributed by atoms with Crippen LogP contribution in [0.15, 0.2) is 24.3 Å². The molecule has 2 heterocycles. The number of carbonyl (C=O) groups is 1. The van der Waals surface area contributed by atoms with Gasteiger partial charge in [-0.2, -0.15) is 0 Å². The van der Waals surface area contributed by atoms with Crippen molar-refractivity contribution in [2.75, 3.05) is 23.4 Å². The van der Waals surface area contributed by atoms with Crippen molar-refractivity contribution < 1.29 is 4.79 Å². The van der Waals surface area contributed by atoms with Crippen LogP contribution in [0.2, 0.25) is 0 Å². The second kappa shape index (κ2) is 6.20. The van der Waals surface area contributed by atoms with E-state index in [9.17, 15) is 4.79 Å². The lowest BCUT2D eigenvalue weighted by molar-refractivity contribution is -0.117. The second-order valence-corrected chi connectivity index (χ2v) is 7.56. The number of amides is 1. The van der Waals surface area contributed by atoms with Crippen molar-refractivity contribution in [1.82, 2.24) is 5.32 Å². The van der Waals surface area contributed by atoms with E-state index in [0.717, 1.165) is 25.1 Å². The molecule has 0 aliphatic carbocycles. The Morgan fingerprint density at radius 1 is 1.32 bits per heavy atom. The van der Waals surface area contributed by atoms with E-state index in [1.165, 1.54) is 17.1 Å². The molecule has 19 heavy (non-hydrogen) atoms. The van der Waals surface area contributed by atoms with Crippen LogP contribution in [-0.2, 0) is 4.79 Å². The zero-order valence-corrected chi connectivity index (χ0v) is 12.4. The minimum absolute atomic E-state index is 0.0149. The van der Waals surface area contributed by atoms with Crippen LogP contribution in [0.4, 0.5) is 5.69 Å². The van der Waals surface area contributed by atoms with Crippen LogP contribution in [0.3, 0.4) is 0 Å². The molecule has 5 heteroatoms. The number of hydrogen-bond acceptors (Lipinski definition) is 4. The standard InChI is InChI=1S/C14H18N2OS2/c17-13(12-5-2-6-15-12)16-11-4-1-3-10(9-11)14-18-7-8-19-14/h1,3-4,9,12,14-15H,2,5-8H2,(H,16,17). The first-order valence-corrected chi connectivity index (χ1v) is 8.80. The summed E-state index contributed by atoms with van der Waals surface area (Å²) in [6.07, 6.45) is 2.04. The zero-order chi connectivity index (χ0) is 13.1. The van der Waals surface area contributed by atoms with Gasteiger partial charge in [-0.15, -0.1) is 23.5 Å². The Morgan fingerprint density at radius 2 is 2.16 bits per heavy atom. The molecule has 1 aromatic rings. The minimum Gasteiger partial charge on any atom is -0.325 e. The predicted octanol–water partition coefficient (Wildman–Crippen LogP) is 2.86. The van der Waals surface area contributed by atoms with Crippen molar-refractivity contribution in [3.8, 4) is 0 Å². The molecule has 1 aromatic carbocycles. The van der Waals surface area contributed by atoms with Crippen LogP contribution in [0, 0.1) is 0 Å². The van der Waals surface area contributed by atoms with Gasteiger partial charge < -0.3 is 10.6 Å². The summed E-state index contributed by atoms with van der Waals surface area (Å²) in [4.78, 5) is 12.1. The first kappa shape index (κ1) is 13.3. The minimum atomic E-state index is -0.0149. The molecule has 0 spiro atoms. The fourth-order valence-electron chi connectivity index (χ4n) is 2.45. The quantitative estimate of drug-likeness (QED) is 0.899. The van der Waals surface area contributed by atoms with E-state index in [1.807, 2.05) is 35.7 Å². The summed E-state index contributed by atoms with van der Waals surface area (Å²) in [5.74, 6) is 2.54. The summed E-state index contributed by atoms with van der Waals surface area (Å²) >= 11 is 3.97. The lowest BCUT2D eigenvalue weighted by Crippen LogP contribution is -2.35. The van der Waals surface area contributed by atoms with Gasteiger partial charge >= 0.3 is 0 Å². The molecule has 2 aliphatic heterocycles. The SMILES string of the molecule is O=C(Nc1cccc(C2SCCS2)c1)C1CCCN1. The lowest BCUT2D eigenvalue weighted by Gasteiger charge is -2.13. The Labute approximate surface area is 122 Å². The average molecular weight is 294 g/mol. The smallest absolute Gasteiger partial charge is 0.241 e. The maximum atomic E-state index is 12.1. The van der Waals surface area contributed by atoms with E-state index in [0.29, 0.717) is 4.58 Å². The van der Waals surface area contributed by atoms with Gasteiger partial charge in [-0.25, -0.2) is 0 Å². The fourth-order valence-corrected chi connectivity index (χ4v) is 5.29. The molecule has 1 atom stereocenters. The van der Waals surface area contributed by atoms with Crippen LogP contribution in [0.5, 0.6) is 0 Å². The first-order valence-electron chi connectivity index (χ1n) is 6.70. The summed E-state index contributed by atoms with van der Waals surface area (Å²) in [7, 11) is 0. The van der Waals surface area contributed by atoms with Gasteiger partial charge in [0.2, 0.25) is 5.91 Å². The van der Waals surface area contributed by atoms with Crippen molar-refractivity contribution in [2.45, 2.75) is 23.5 Å². The summed E-state index contributed by atoms with van der Waals surface area (Å²) in [6, 6.07) is 8.26. The molecular formula is C14H18N2OS2. The van der Waals surface area contributed by atoms with Crippen molar-refractivity contribution in [1.29, 1.82) is 0 Å². The van der Waals surface area contributed by atoms with E-state index in [2.05, 4.69) is 22.8 Å². The normalized spacial score (nSPS) is 23.7. The summed E-state index contributed by atoms with van der Waals surface area (Å²) in [6.45, 7) is 0.952. The van der Waals surface area contributed by atoms with Crippen molar-refractivity contribution in [3.05, 3.63) is 29.8 Å². The van der Waals surface area contributed by atoms with Gasteiger partial charge in [0.25, 0.3) is 0 Å². The van der Waals surface area contributed by atoms with Crippen molar-refractivity contribution >= 4 is 35.1 Å². The Bertz CT molecular complexity index is 455. The number of benzene rings is 1. The Kier molecular flexibility index (Phi) is 4.35. The Hall–Kier alpha value is -0.650. The molecule has 3 rings (SSSR count). The Morgan fingerprint density at radius 3 is 2.89 bits per heavy atom. The summed E-state index contributed by atoms with van der Waals surface area (Å²) < 4.78 is 0.529. The molecule has 0 bridgehead atoms. The molecule has 2 fully saturated rings. The molecule has 0 saturated carbocycles. The highest BCUT2D eigenvalue weighted by Gasteiger charge is 2.22. The van der Waals surface area contributed by atoms with Gasteiger partial charge in [0, 0.05) is 17.2 Å². The highest BCUT2D eigenvalue weighted by atomic mass is 32.2. The molecule has 102 valence electrons. The van der Waals surface area contributed by atoms with Crippen LogP contribution >= 0.6 is 23.5 Å². The molecule has 2 saturated heterocycles. The van der Waals surface area contributed by atoms with Gasteiger partial charge in [-0.05, 0) is 37.1 Å². The third-order valence-corrected chi connectivity index (χ3v) is 6.53. The largest absolute Gasteiger partial charge is 0.325 e. The number of hydrogen-bond donors (Lipinski definition) is 2. The van der Waals surface area contributed by atoms with E-state index in [-0.39, 0.29) is 11.9 Å². The number of thioether (sulfide) groups is 2. The molecular weight excluding hydrogens is 276 g/mol. The van der Waals surface area contributed by atoms with Gasteiger partial charge in [-0.1, -0.05) is 12.1 Å². The monoisotopic (exact) mass is 294 g/mol. The van der Waals surface area contributed by atoms with E-state index in [4.69, 9.17) is 0 Å². The number of rotatable bonds is 3. The first-order chi connectivity index (χ1) is 9.33. The third-order valence-electron chi connectivity index (χ3n) is 3.42. The zero-order valence-electron chi connectivity index (χ0n) is 10.7. The molecule has 1 amide bonds. The van der Waals surface area contributed by atoms with E-state index in [1.54, 1.807) is 0 Å².